The molecule has 8 nitrogen and oxygen atoms in total. The fourth-order valence-corrected chi connectivity index (χ4v) is 4.11. The van der Waals surface area contributed by atoms with Gasteiger partial charge in [0.15, 0.2) is 5.82 Å². The van der Waals surface area contributed by atoms with Crippen LogP contribution in [0.4, 0.5) is 10.6 Å². The van der Waals surface area contributed by atoms with Gasteiger partial charge in [-0.3, -0.25) is 10.1 Å². The van der Waals surface area contributed by atoms with Crippen LogP contribution in [0.2, 0.25) is 0 Å². The quantitative estimate of drug-likeness (QED) is 0.415. The smallest absolute Gasteiger partial charge is 0.413 e. The second kappa shape index (κ2) is 10.2. The molecule has 0 spiro atoms. The maximum atomic E-state index is 12.8. The molecule has 0 saturated carbocycles. The van der Waals surface area contributed by atoms with E-state index in [4.69, 9.17) is 4.74 Å². The van der Waals surface area contributed by atoms with Crippen LogP contribution in [0.1, 0.15) is 44.7 Å². The normalized spacial score (nSPS) is 16.7. The summed E-state index contributed by atoms with van der Waals surface area (Å²) in [6.07, 6.45) is 9.50. The number of nitrogens with one attached hydrogen (secondary N) is 1. The van der Waals surface area contributed by atoms with Crippen molar-refractivity contribution in [2.24, 2.45) is 0 Å². The number of aromatic nitrogens is 2. The number of rotatable bonds is 7. The lowest BCUT2D eigenvalue weighted by atomic mass is 9.84. The average molecular weight is 497 g/mol. The Labute approximate surface area is 215 Å². The second-order valence-corrected chi connectivity index (χ2v) is 9.41. The highest BCUT2D eigenvalue weighted by molar-refractivity contribution is 5.86. The molecule has 1 amide bonds. The molecule has 3 aromatic rings. The number of aliphatic carboxylic acids is 1. The average Bonchev–Trinajstić information content (AvgIpc) is 3.31. The Morgan fingerprint density at radius 1 is 1.14 bits per heavy atom. The van der Waals surface area contributed by atoms with Crippen LogP contribution in [0.15, 0.2) is 79.0 Å². The Balaban J connectivity index is 1.55. The third-order valence-corrected chi connectivity index (χ3v) is 6.70. The van der Waals surface area contributed by atoms with Crippen LogP contribution >= 0.6 is 0 Å². The van der Waals surface area contributed by atoms with Crippen molar-refractivity contribution in [1.29, 1.82) is 5.26 Å². The first-order chi connectivity index (χ1) is 17.7. The minimum Gasteiger partial charge on any atom is -0.481 e. The minimum absolute atomic E-state index is 0.210. The number of hydrogen-bond acceptors (Lipinski definition) is 5. The van der Waals surface area contributed by atoms with Gasteiger partial charge < -0.3 is 9.84 Å². The van der Waals surface area contributed by atoms with Crippen LogP contribution < -0.4 is 5.32 Å². The van der Waals surface area contributed by atoms with E-state index in [2.05, 4.69) is 16.5 Å². The summed E-state index contributed by atoms with van der Waals surface area (Å²) in [6, 6.07) is 16.9. The van der Waals surface area contributed by atoms with E-state index in [1.807, 2.05) is 79.8 Å². The fraction of sp³-hybridized carbons (Fsp3) is 0.241. The molecule has 1 heterocycles. The molecule has 0 bridgehead atoms. The Hall–Kier alpha value is -4.64. The van der Waals surface area contributed by atoms with E-state index in [0.717, 1.165) is 11.1 Å². The third kappa shape index (κ3) is 5.16. The van der Waals surface area contributed by atoms with Gasteiger partial charge in [0.25, 0.3) is 0 Å². The summed E-state index contributed by atoms with van der Waals surface area (Å²) < 4.78 is 7.23. The maximum absolute atomic E-state index is 12.8. The molecule has 0 fully saturated rings. The zero-order chi connectivity index (χ0) is 26.6. The summed E-state index contributed by atoms with van der Waals surface area (Å²) in [7, 11) is 0. The Morgan fingerprint density at radius 2 is 1.78 bits per heavy atom. The van der Waals surface area contributed by atoms with Gasteiger partial charge in [-0.15, -0.1) is 0 Å². The van der Waals surface area contributed by atoms with Gasteiger partial charge in [0.2, 0.25) is 0 Å². The molecule has 1 aromatic heterocycles. The predicted molar refractivity (Wildman–Crippen MR) is 140 cm³/mol. The Bertz CT molecular complexity index is 1410. The van der Waals surface area contributed by atoms with Crippen molar-refractivity contribution >= 4 is 17.9 Å². The highest BCUT2D eigenvalue weighted by atomic mass is 16.6. The highest BCUT2D eigenvalue weighted by Crippen LogP contribution is 2.30. The first kappa shape index (κ1) is 25.5. The molecule has 0 radical (unpaired) electrons. The van der Waals surface area contributed by atoms with Crippen LogP contribution in [0.25, 0.3) is 16.8 Å². The number of ether oxygens (including phenoxy) is 1. The molecular formula is C29H28N4O4. The number of amides is 1. The molecule has 1 atom stereocenters. The number of carboxylic acids is 1. The molecule has 2 aromatic carbocycles. The van der Waals surface area contributed by atoms with Gasteiger partial charge in [0, 0.05) is 6.42 Å². The monoisotopic (exact) mass is 496 g/mol. The minimum atomic E-state index is -0.980. The standard InChI is InChI=1S/C29H28N4O4/c1-4-29(16-6-5-7-17-29)37-27(36)32-25-22(18-30)19-31-33(25)24-14-10-21(11-15-24)20-8-12-23(13-9-20)28(2,3)26(34)35/h5-16,19H,4,17H2,1-3H3,(H,32,36)(H,34,35)/t29-/m0/s1. The summed E-state index contributed by atoms with van der Waals surface area (Å²) in [4.78, 5) is 24.3. The van der Waals surface area contributed by atoms with E-state index >= 15 is 0 Å². The number of nitriles is 1. The molecule has 0 aliphatic heterocycles. The molecule has 188 valence electrons. The first-order valence-corrected chi connectivity index (χ1v) is 12.0. The third-order valence-electron chi connectivity index (χ3n) is 6.70. The molecule has 1 aliphatic carbocycles. The lowest BCUT2D eigenvalue weighted by Crippen LogP contribution is -2.35. The number of allylic oxidation sites excluding steroid dienone is 2. The van der Waals surface area contributed by atoms with Gasteiger partial charge in [-0.2, -0.15) is 10.4 Å². The van der Waals surface area contributed by atoms with E-state index in [1.165, 1.54) is 10.9 Å². The van der Waals surface area contributed by atoms with Gasteiger partial charge >= 0.3 is 12.1 Å². The van der Waals surface area contributed by atoms with Gasteiger partial charge in [-0.05, 0) is 55.2 Å². The van der Waals surface area contributed by atoms with Crippen molar-refractivity contribution in [3.05, 3.63) is 90.2 Å². The lowest BCUT2D eigenvalue weighted by Gasteiger charge is -2.29. The van der Waals surface area contributed by atoms with E-state index in [0.29, 0.717) is 24.1 Å². The molecular weight excluding hydrogens is 468 g/mol. The number of carbonyl (C=O) groups excluding carboxylic acids is 1. The van der Waals surface area contributed by atoms with Gasteiger partial charge in [0.05, 0.1) is 17.3 Å². The number of hydrogen-bond donors (Lipinski definition) is 2. The number of benzene rings is 2. The van der Waals surface area contributed by atoms with Crippen molar-refractivity contribution in [2.75, 3.05) is 5.32 Å². The molecule has 4 rings (SSSR count). The number of nitrogens with zero attached hydrogens (tertiary/aromatic N) is 3. The SMILES string of the molecule is CC[C@]1(OC(=O)Nc2c(C#N)cnn2-c2ccc(-c3ccc(C(C)(C)C(=O)O)cc3)cc2)C=CC=CC1. The predicted octanol–water partition coefficient (Wildman–Crippen LogP) is 5.99. The lowest BCUT2D eigenvalue weighted by molar-refractivity contribution is -0.142. The van der Waals surface area contributed by atoms with Crippen molar-refractivity contribution in [3.8, 4) is 22.9 Å². The number of carboxylic acid groups (broad SMARTS) is 1. The summed E-state index contributed by atoms with van der Waals surface area (Å²) in [5.41, 5.74) is 1.72. The van der Waals surface area contributed by atoms with Crippen LogP contribution in [0.3, 0.4) is 0 Å². The second-order valence-electron chi connectivity index (χ2n) is 9.41. The Morgan fingerprint density at radius 3 is 2.32 bits per heavy atom. The van der Waals surface area contributed by atoms with Crippen LogP contribution in [0.5, 0.6) is 0 Å². The molecule has 1 aliphatic rings. The first-order valence-electron chi connectivity index (χ1n) is 12.0. The van der Waals surface area contributed by atoms with Crippen molar-refractivity contribution in [1.82, 2.24) is 9.78 Å². The number of carbonyl (C=O) groups is 2. The van der Waals surface area contributed by atoms with E-state index in [-0.39, 0.29) is 11.4 Å². The molecule has 37 heavy (non-hydrogen) atoms. The molecule has 0 unspecified atom stereocenters. The Kier molecular flexibility index (Phi) is 6.98. The number of anilines is 1. The maximum Gasteiger partial charge on any atom is 0.413 e. The van der Waals surface area contributed by atoms with Gasteiger partial charge in [-0.1, -0.05) is 61.5 Å². The fourth-order valence-electron chi connectivity index (χ4n) is 4.11. The summed E-state index contributed by atoms with van der Waals surface area (Å²) >= 11 is 0. The van der Waals surface area contributed by atoms with E-state index in [9.17, 15) is 20.0 Å². The molecule has 2 N–H and O–H groups in total. The van der Waals surface area contributed by atoms with Crippen molar-refractivity contribution in [3.63, 3.8) is 0 Å². The van der Waals surface area contributed by atoms with E-state index in [1.54, 1.807) is 13.8 Å². The van der Waals surface area contributed by atoms with Crippen LogP contribution in [-0.2, 0) is 14.9 Å². The zero-order valence-electron chi connectivity index (χ0n) is 20.9. The highest BCUT2D eigenvalue weighted by Gasteiger charge is 2.31. The zero-order valence-corrected chi connectivity index (χ0v) is 20.9. The topological polar surface area (TPSA) is 117 Å². The summed E-state index contributed by atoms with van der Waals surface area (Å²) in [5, 5.41) is 26.0. The van der Waals surface area contributed by atoms with Crippen LogP contribution in [-0.4, -0.2) is 32.6 Å². The summed E-state index contributed by atoms with van der Waals surface area (Å²) in [5.74, 6) is -0.659. The van der Waals surface area contributed by atoms with Crippen molar-refractivity contribution < 1.29 is 19.4 Å². The largest absolute Gasteiger partial charge is 0.481 e. The van der Waals surface area contributed by atoms with Gasteiger partial charge in [-0.25, -0.2) is 9.48 Å². The van der Waals surface area contributed by atoms with Crippen molar-refractivity contribution in [2.45, 2.75) is 44.6 Å². The molecule has 8 heteroatoms. The molecule has 0 saturated heterocycles. The summed E-state index contributed by atoms with van der Waals surface area (Å²) in [6.45, 7) is 5.29. The van der Waals surface area contributed by atoms with Gasteiger partial charge in [0.1, 0.15) is 17.2 Å². The van der Waals surface area contributed by atoms with E-state index < -0.39 is 23.1 Å². The van der Waals surface area contributed by atoms with Crippen LogP contribution in [0, 0.1) is 11.3 Å².